The second kappa shape index (κ2) is 10.6. The van der Waals surface area contributed by atoms with Crippen LogP contribution in [0.25, 0.3) is 0 Å². The van der Waals surface area contributed by atoms with Crippen molar-refractivity contribution >= 4 is 57.3 Å². The number of anilines is 2. The minimum atomic E-state index is -0.283. The number of rotatable bonds is 8. The Balaban J connectivity index is 1.59. The van der Waals surface area contributed by atoms with E-state index in [0.29, 0.717) is 22.3 Å². The maximum absolute atomic E-state index is 12.6. The van der Waals surface area contributed by atoms with E-state index in [9.17, 15) is 9.59 Å². The molecule has 0 aliphatic rings. The van der Waals surface area contributed by atoms with E-state index >= 15 is 0 Å². The topological polar surface area (TPSA) is 84.0 Å². The molecule has 0 radical (unpaired) electrons. The summed E-state index contributed by atoms with van der Waals surface area (Å²) in [7, 11) is 0. The summed E-state index contributed by atoms with van der Waals surface area (Å²) in [4.78, 5) is 25.8. The zero-order chi connectivity index (χ0) is 21.5. The lowest BCUT2D eigenvalue weighted by Crippen LogP contribution is -2.24. The molecule has 30 heavy (non-hydrogen) atoms. The predicted molar refractivity (Wildman–Crippen MR) is 123 cm³/mol. The summed E-state index contributed by atoms with van der Waals surface area (Å²) in [5.74, 6) is -0.230. The highest BCUT2D eigenvalue weighted by Gasteiger charge is 2.19. The number of halogens is 1. The van der Waals surface area contributed by atoms with Crippen LogP contribution < -0.4 is 10.6 Å². The van der Waals surface area contributed by atoms with E-state index in [4.69, 9.17) is 11.6 Å². The van der Waals surface area contributed by atoms with Crippen molar-refractivity contribution in [2.24, 2.45) is 0 Å². The molecule has 3 rings (SSSR count). The number of hydrogen-bond acceptors (Lipinski definition) is 6. The highest BCUT2D eigenvalue weighted by atomic mass is 35.5. The molecule has 156 valence electrons. The molecule has 2 aromatic carbocycles. The Hall–Kier alpha value is -2.42. The van der Waals surface area contributed by atoms with Gasteiger partial charge < -0.3 is 5.32 Å². The van der Waals surface area contributed by atoms with E-state index in [0.717, 1.165) is 15.5 Å². The number of aromatic nitrogens is 2. The molecule has 3 aromatic rings. The SMILES string of the molecule is CCC(Sc1cccc(NC(=O)Cc2ccc(Cl)cc2)c1)C(=O)Nc1nnc(C)s1. The van der Waals surface area contributed by atoms with Gasteiger partial charge >= 0.3 is 0 Å². The number of carbonyl (C=O) groups excluding carboxylic acids is 2. The number of carbonyl (C=O) groups is 2. The van der Waals surface area contributed by atoms with Gasteiger partial charge in [-0.1, -0.05) is 48.1 Å². The molecule has 1 heterocycles. The summed E-state index contributed by atoms with van der Waals surface area (Å²) in [6, 6.07) is 14.7. The van der Waals surface area contributed by atoms with Crippen LogP contribution in [-0.4, -0.2) is 27.3 Å². The fourth-order valence-electron chi connectivity index (χ4n) is 2.66. The van der Waals surface area contributed by atoms with Gasteiger partial charge in [0.1, 0.15) is 5.01 Å². The average Bonchev–Trinajstić information content (AvgIpc) is 3.12. The van der Waals surface area contributed by atoms with Crippen LogP contribution in [-0.2, 0) is 16.0 Å². The number of thioether (sulfide) groups is 1. The molecule has 1 atom stereocenters. The molecular weight excluding hydrogens is 440 g/mol. The third kappa shape index (κ3) is 6.55. The minimum Gasteiger partial charge on any atom is -0.326 e. The van der Waals surface area contributed by atoms with Gasteiger partial charge in [-0.15, -0.1) is 22.0 Å². The monoisotopic (exact) mass is 460 g/mol. The lowest BCUT2D eigenvalue weighted by Gasteiger charge is -2.14. The van der Waals surface area contributed by atoms with Crippen LogP contribution in [0.5, 0.6) is 0 Å². The zero-order valence-electron chi connectivity index (χ0n) is 16.5. The Morgan fingerprint density at radius 2 is 1.90 bits per heavy atom. The van der Waals surface area contributed by atoms with Gasteiger partial charge in [0.05, 0.1) is 11.7 Å². The van der Waals surface area contributed by atoms with Gasteiger partial charge in [0, 0.05) is 15.6 Å². The second-order valence-corrected chi connectivity index (χ2v) is 9.40. The molecule has 0 aliphatic heterocycles. The van der Waals surface area contributed by atoms with Crippen molar-refractivity contribution in [2.75, 3.05) is 10.6 Å². The Labute approximate surface area is 188 Å². The molecule has 0 aliphatic carbocycles. The Kier molecular flexibility index (Phi) is 7.84. The van der Waals surface area contributed by atoms with Gasteiger partial charge in [-0.25, -0.2) is 0 Å². The van der Waals surface area contributed by atoms with Crippen molar-refractivity contribution in [3.8, 4) is 0 Å². The van der Waals surface area contributed by atoms with Gasteiger partial charge in [0.2, 0.25) is 16.9 Å². The van der Waals surface area contributed by atoms with Crippen LogP contribution in [0.1, 0.15) is 23.9 Å². The Morgan fingerprint density at radius 1 is 1.13 bits per heavy atom. The second-order valence-electron chi connectivity index (χ2n) is 6.51. The molecule has 0 spiro atoms. The van der Waals surface area contributed by atoms with E-state index in [1.165, 1.54) is 23.1 Å². The van der Waals surface area contributed by atoms with Crippen LogP contribution in [0.15, 0.2) is 53.4 Å². The van der Waals surface area contributed by atoms with Crippen molar-refractivity contribution in [2.45, 2.75) is 36.8 Å². The molecule has 2 N–H and O–H groups in total. The predicted octanol–water partition coefficient (Wildman–Crippen LogP) is 5.19. The van der Waals surface area contributed by atoms with E-state index in [1.54, 1.807) is 12.1 Å². The van der Waals surface area contributed by atoms with Crippen LogP contribution in [0.2, 0.25) is 5.02 Å². The summed E-state index contributed by atoms with van der Waals surface area (Å²) < 4.78 is 0. The van der Waals surface area contributed by atoms with Crippen molar-refractivity contribution < 1.29 is 9.59 Å². The van der Waals surface area contributed by atoms with Crippen molar-refractivity contribution in [3.63, 3.8) is 0 Å². The lowest BCUT2D eigenvalue weighted by molar-refractivity contribution is -0.116. The lowest BCUT2D eigenvalue weighted by atomic mass is 10.1. The third-order valence-corrected chi connectivity index (χ3v) is 6.46. The summed E-state index contributed by atoms with van der Waals surface area (Å²) in [6.07, 6.45) is 0.914. The normalized spacial score (nSPS) is 11.7. The molecule has 2 amide bonds. The third-order valence-electron chi connectivity index (χ3n) is 4.09. The summed E-state index contributed by atoms with van der Waals surface area (Å²) in [5.41, 5.74) is 1.58. The van der Waals surface area contributed by atoms with Gasteiger partial charge in [0.15, 0.2) is 0 Å². The molecule has 0 saturated carbocycles. The van der Waals surface area contributed by atoms with Gasteiger partial charge in [0.25, 0.3) is 0 Å². The number of hydrogen-bond donors (Lipinski definition) is 2. The molecule has 0 fully saturated rings. The first-order valence-electron chi connectivity index (χ1n) is 9.35. The molecule has 6 nitrogen and oxygen atoms in total. The Morgan fingerprint density at radius 3 is 2.57 bits per heavy atom. The number of amides is 2. The standard InChI is InChI=1S/C21H21ClN4O2S2/c1-3-18(20(28)24-21-26-25-13(2)29-21)30-17-6-4-5-16(12-17)23-19(27)11-14-7-9-15(22)10-8-14/h4-10,12,18H,3,11H2,1-2H3,(H,23,27)(H,24,26,28). The van der Waals surface area contributed by atoms with Gasteiger partial charge in [-0.05, 0) is 49.2 Å². The summed E-state index contributed by atoms with van der Waals surface area (Å²) in [6.45, 7) is 3.80. The van der Waals surface area contributed by atoms with Crippen molar-refractivity contribution in [1.82, 2.24) is 10.2 Å². The van der Waals surface area contributed by atoms with Crippen LogP contribution in [0.4, 0.5) is 10.8 Å². The molecule has 0 saturated heterocycles. The molecule has 1 unspecified atom stereocenters. The highest BCUT2D eigenvalue weighted by Crippen LogP contribution is 2.29. The zero-order valence-corrected chi connectivity index (χ0v) is 18.9. The largest absolute Gasteiger partial charge is 0.326 e. The smallest absolute Gasteiger partial charge is 0.239 e. The van der Waals surface area contributed by atoms with E-state index in [2.05, 4.69) is 20.8 Å². The van der Waals surface area contributed by atoms with E-state index in [1.807, 2.05) is 50.2 Å². The summed E-state index contributed by atoms with van der Waals surface area (Å²) in [5, 5.41) is 15.2. The molecule has 1 aromatic heterocycles. The fourth-order valence-corrected chi connectivity index (χ4v) is 4.39. The van der Waals surface area contributed by atoms with Crippen LogP contribution >= 0.6 is 34.7 Å². The summed E-state index contributed by atoms with van der Waals surface area (Å²) >= 11 is 8.67. The van der Waals surface area contributed by atoms with Gasteiger partial charge in [-0.3, -0.25) is 14.9 Å². The van der Waals surface area contributed by atoms with Crippen LogP contribution in [0.3, 0.4) is 0 Å². The number of nitrogens with zero attached hydrogens (tertiary/aromatic N) is 2. The number of benzene rings is 2. The molecule has 0 bridgehead atoms. The maximum Gasteiger partial charge on any atom is 0.239 e. The highest BCUT2D eigenvalue weighted by molar-refractivity contribution is 8.00. The van der Waals surface area contributed by atoms with Crippen molar-refractivity contribution in [3.05, 3.63) is 64.1 Å². The van der Waals surface area contributed by atoms with E-state index < -0.39 is 0 Å². The number of nitrogens with one attached hydrogen (secondary N) is 2. The van der Waals surface area contributed by atoms with Gasteiger partial charge in [-0.2, -0.15) is 0 Å². The first-order valence-corrected chi connectivity index (χ1v) is 11.4. The maximum atomic E-state index is 12.6. The molecule has 9 heteroatoms. The number of aryl methyl sites for hydroxylation is 1. The van der Waals surface area contributed by atoms with Crippen molar-refractivity contribution in [1.29, 1.82) is 0 Å². The minimum absolute atomic E-state index is 0.115. The first-order chi connectivity index (χ1) is 14.4. The molecular formula is C21H21ClN4O2S2. The Bertz CT molecular complexity index is 1020. The quantitative estimate of drug-likeness (QED) is 0.452. The van der Waals surface area contributed by atoms with Crippen LogP contribution in [0, 0.1) is 6.92 Å². The van der Waals surface area contributed by atoms with E-state index in [-0.39, 0.29) is 23.5 Å². The fraction of sp³-hybridized carbons (Fsp3) is 0.238. The first kappa shape index (κ1) is 22.3. The average molecular weight is 461 g/mol.